The van der Waals surface area contributed by atoms with Crippen LogP contribution in [0.15, 0.2) is 60.0 Å². The Balaban J connectivity index is 1.27. The quantitative estimate of drug-likeness (QED) is 0.402. The maximum absolute atomic E-state index is 13.9. The van der Waals surface area contributed by atoms with E-state index in [1.165, 1.54) is 35.9 Å². The first-order valence-corrected chi connectivity index (χ1v) is 12.2. The van der Waals surface area contributed by atoms with Crippen LogP contribution in [-0.4, -0.2) is 44.3 Å². The van der Waals surface area contributed by atoms with Crippen molar-refractivity contribution in [3.63, 3.8) is 0 Å². The average Bonchev–Trinajstić information content (AvgIpc) is 3.62. The molecule has 3 aromatic heterocycles. The standard InChI is InChI=1S/C25H22FN5O3S/c1-2-22(32)30-8-7-25(13-30)10-16(11-25)31-18-4-3-15(26)9-17(18)28-24(31)29-23(33)21-6-5-20(35-21)19-12-27-14-34-19/h2-6,9,12,14,16H,1,7-8,10-11,13H2,(H,28,29,33). The second kappa shape index (κ2) is 8.16. The highest BCUT2D eigenvalue weighted by Crippen LogP contribution is 2.55. The number of imidazole rings is 1. The number of amides is 2. The number of aromatic nitrogens is 3. The second-order valence-electron chi connectivity index (χ2n) is 9.20. The summed E-state index contributed by atoms with van der Waals surface area (Å²) in [5.41, 5.74) is 1.32. The molecule has 0 bridgehead atoms. The smallest absolute Gasteiger partial charge is 0.268 e. The number of nitrogens with zero attached hydrogens (tertiary/aromatic N) is 4. The van der Waals surface area contributed by atoms with E-state index in [9.17, 15) is 14.0 Å². The Morgan fingerprint density at radius 1 is 1.29 bits per heavy atom. The van der Waals surface area contributed by atoms with Gasteiger partial charge >= 0.3 is 0 Å². The lowest BCUT2D eigenvalue weighted by atomic mass is 9.65. The zero-order valence-electron chi connectivity index (χ0n) is 18.7. The Kier molecular flexibility index (Phi) is 5.06. The molecule has 2 amide bonds. The molecule has 1 aliphatic carbocycles. The van der Waals surface area contributed by atoms with Crippen molar-refractivity contribution in [2.75, 3.05) is 18.4 Å². The van der Waals surface area contributed by atoms with Crippen LogP contribution in [0.5, 0.6) is 0 Å². The average molecular weight is 492 g/mol. The fourth-order valence-corrected chi connectivity index (χ4v) is 6.18. The summed E-state index contributed by atoms with van der Waals surface area (Å²) in [5.74, 6) is 0.270. The molecule has 0 atom stereocenters. The fraction of sp³-hybridized carbons (Fsp3) is 0.280. The zero-order valence-corrected chi connectivity index (χ0v) is 19.6. The predicted octanol–water partition coefficient (Wildman–Crippen LogP) is 4.88. The number of carbonyl (C=O) groups is 2. The van der Waals surface area contributed by atoms with Gasteiger partial charge in [0.25, 0.3) is 5.91 Å². The van der Waals surface area contributed by atoms with Gasteiger partial charge in [-0.3, -0.25) is 14.9 Å². The molecule has 6 rings (SSSR count). The number of oxazole rings is 1. The third-order valence-corrected chi connectivity index (χ3v) is 8.11. The number of anilines is 1. The van der Waals surface area contributed by atoms with Crippen LogP contribution < -0.4 is 5.32 Å². The van der Waals surface area contributed by atoms with Crippen molar-refractivity contribution in [2.24, 2.45) is 5.41 Å². The molecule has 4 aromatic rings. The Bertz CT molecular complexity index is 1450. The van der Waals surface area contributed by atoms with Gasteiger partial charge in [-0.25, -0.2) is 14.4 Å². The van der Waals surface area contributed by atoms with E-state index in [-0.39, 0.29) is 29.1 Å². The van der Waals surface area contributed by atoms with Crippen LogP contribution in [0.1, 0.15) is 35.0 Å². The number of nitrogens with one attached hydrogen (secondary N) is 1. The van der Waals surface area contributed by atoms with Crippen LogP contribution in [0, 0.1) is 11.2 Å². The molecule has 178 valence electrons. The minimum absolute atomic E-state index is 0.0394. The van der Waals surface area contributed by atoms with Crippen LogP contribution in [-0.2, 0) is 4.79 Å². The monoisotopic (exact) mass is 491 g/mol. The number of carbonyl (C=O) groups excluding carboxylic acids is 2. The SMILES string of the molecule is C=CC(=O)N1CCC2(CC(n3c(NC(=O)c4ccc(-c5cnco5)s4)nc4cc(F)ccc43)C2)C1. The summed E-state index contributed by atoms with van der Waals surface area (Å²) in [5, 5.41) is 2.94. The molecule has 0 radical (unpaired) electrons. The number of hydrogen-bond acceptors (Lipinski definition) is 6. The molecule has 1 spiro atoms. The van der Waals surface area contributed by atoms with Crippen molar-refractivity contribution < 1.29 is 18.4 Å². The van der Waals surface area contributed by atoms with E-state index in [1.54, 1.807) is 18.3 Å². The highest BCUT2D eigenvalue weighted by atomic mass is 32.1. The van der Waals surface area contributed by atoms with Crippen molar-refractivity contribution in [1.82, 2.24) is 19.4 Å². The molecule has 0 unspecified atom stereocenters. The number of fused-ring (bicyclic) bond motifs is 1. The summed E-state index contributed by atoms with van der Waals surface area (Å²) in [6.07, 6.45) is 6.95. The fourth-order valence-electron chi connectivity index (χ4n) is 5.33. The van der Waals surface area contributed by atoms with Gasteiger partial charge in [-0.15, -0.1) is 11.3 Å². The molecule has 8 nitrogen and oxygen atoms in total. The van der Waals surface area contributed by atoms with Crippen molar-refractivity contribution in [3.05, 3.63) is 66.3 Å². The number of halogens is 1. The largest absolute Gasteiger partial charge is 0.443 e. The van der Waals surface area contributed by atoms with Crippen LogP contribution in [0.25, 0.3) is 21.7 Å². The summed E-state index contributed by atoms with van der Waals surface area (Å²) >= 11 is 1.29. The second-order valence-corrected chi connectivity index (χ2v) is 10.3. The first kappa shape index (κ1) is 21.7. The number of hydrogen-bond donors (Lipinski definition) is 1. The molecule has 1 saturated carbocycles. The minimum Gasteiger partial charge on any atom is -0.443 e. The normalized spacial score (nSPS) is 21.4. The van der Waals surface area contributed by atoms with Gasteiger partial charge in [0.2, 0.25) is 11.9 Å². The van der Waals surface area contributed by atoms with Crippen molar-refractivity contribution in [1.29, 1.82) is 0 Å². The van der Waals surface area contributed by atoms with E-state index in [0.717, 1.165) is 36.2 Å². The maximum Gasteiger partial charge on any atom is 0.268 e. The molecular weight excluding hydrogens is 469 g/mol. The first-order valence-electron chi connectivity index (χ1n) is 11.3. The Morgan fingerprint density at radius 3 is 2.91 bits per heavy atom. The highest BCUT2D eigenvalue weighted by Gasteiger charge is 2.50. The van der Waals surface area contributed by atoms with Gasteiger partial charge in [0.15, 0.2) is 12.2 Å². The summed E-state index contributed by atoms with van der Waals surface area (Å²) in [4.78, 5) is 36.8. The summed E-state index contributed by atoms with van der Waals surface area (Å²) in [7, 11) is 0. The van der Waals surface area contributed by atoms with Crippen molar-refractivity contribution >= 4 is 40.1 Å². The third-order valence-electron chi connectivity index (χ3n) is 7.01. The maximum atomic E-state index is 13.9. The van der Waals surface area contributed by atoms with E-state index >= 15 is 0 Å². The molecule has 35 heavy (non-hydrogen) atoms. The number of benzene rings is 1. The summed E-state index contributed by atoms with van der Waals surface area (Å²) < 4.78 is 21.3. The summed E-state index contributed by atoms with van der Waals surface area (Å²) in [6.45, 7) is 5.02. The van der Waals surface area contributed by atoms with Gasteiger partial charge in [-0.1, -0.05) is 6.58 Å². The van der Waals surface area contributed by atoms with Crippen LogP contribution >= 0.6 is 11.3 Å². The molecule has 1 aliphatic heterocycles. The molecule has 1 N–H and O–H groups in total. The van der Waals surface area contributed by atoms with E-state index < -0.39 is 0 Å². The predicted molar refractivity (Wildman–Crippen MR) is 130 cm³/mol. The minimum atomic E-state index is -0.380. The third kappa shape index (κ3) is 3.74. The Hall–Kier alpha value is -3.79. The lowest BCUT2D eigenvalue weighted by Gasteiger charge is -2.46. The van der Waals surface area contributed by atoms with E-state index in [0.29, 0.717) is 28.6 Å². The van der Waals surface area contributed by atoms with Crippen LogP contribution in [0.3, 0.4) is 0 Å². The van der Waals surface area contributed by atoms with E-state index in [2.05, 4.69) is 21.9 Å². The van der Waals surface area contributed by atoms with Crippen LogP contribution in [0.2, 0.25) is 0 Å². The molecular formula is C25H22FN5O3S. The summed E-state index contributed by atoms with van der Waals surface area (Å²) in [6, 6.07) is 8.12. The van der Waals surface area contributed by atoms with Gasteiger partial charge in [-0.2, -0.15) is 0 Å². The van der Waals surface area contributed by atoms with Gasteiger partial charge in [0.1, 0.15) is 5.82 Å². The number of rotatable bonds is 5. The van der Waals surface area contributed by atoms with Gasteiger partial charge in [0.05, 0.1) is 27.0 Å². The van der Waals surface area contributed by atoms with E-state index in [4.69, 9.17) is 4.42 Å². The topological polar surface area (TPSA) is 93.3 Å². The highest BCUT2D eigenvalue weighted by molar-refractivity contribution is 7.17. The van der Waals surface area contributed by atoms with Crippen LogP contribution in [0.4, 0.5) is 10.3 Å². The molecule has 2 aliphatic rings. The zero-order chi connectivity index (χ0) is 24.2. The Morgan fingerprint density at radius 2 is 2.14 bits per heavy atom. The Labute approximate surface area is 204 Å². The first-order chi connectivity index (χ1) is 16.9. The van der Waals surface area contributed by atoms with Crippen molar-refractivity contribution in [2.45, 2.75) is 25.3 Å². The molecule has 1 saturated heterocycles. The van der Waals surface area contributed by atoms with Crippen molar-refractivity contribution in [3.8, 4) is 10.6 Å². The molecule has 10 heteroatoms. The molecule has 4 heterocycles. The number of likely N-dealkylation sites (tertiary alicyclic amines) is 1. The lowest BCUT2D eigenvalue weighted by molar-refractivity contribution is -0.125. The van der Waals surface area contributed by atoms with E-state index in [1.807, 2.05) is 15.5 Å². The van der Waals surface area contributed by atoms with Gasteiger partial charge < -0.3 is 13.9 Å². The van der Waals surface area contributed by atoms with Gasteiger partial charge in [0, 0.05) is 25.2 Å². The molecule has 2 fully saturated rings. The lowest BCUT2D eigenvalue weighted by Crippen LogP contribution is -2.42. The van der Waals surface area contributed by atoms with Gasteiger partial charge in [-0.05, 0) is 55.0 Å². The number of thiophene rings is 1. The molecule has 1 aromatic carbocycles.